The number of hydrogen-bond donors (Lipinski definition) is 3. The number of nitrogens with zero attached hydrogens (tertiary/aromatic N) is 2. The maximum Gasteiger partial charge on any atom is 0.273 e. The Morgan fingerprint density at radius 3 is 2.77 bits per heavy atom. The van der Waals surface area contributed by atoms with Gasteiger partial charge in [0.05, 0.1) is 5.52 Å². The highest BCUT2D eigenvalue weighted by Gasteiger charge is 2.36. The minimum atomic E-state index is -0.618. The smallest absolute Gasteiger partial charge is 0.273 e. The van der Waals surface area contributed by atoms with Gasteiger partial charge in [0.1, 0.15) is 6.04 Å². The quantitative estimate of drug-likeness (QED) is 0.754. The molecule has 26 heavy (non-hydrogen) atoms. The fourth-order valence-corrected chi connectivity index (χ4v) is 3.30. The van der Waals surface area contributed by atoms with E-state index >= 15 is 0 Å². The van der Waals surface area contributed by atoms with Gasteiger partial charge in [0.2, 0.25) is 5.91 Å². The van der Waals surface area contributed by atoms with Gasteiger partial charge in [0.25, 0.3) is 5.91 Å². The number of carbonyl (C=O) groups excluding carboxylic acids is 2. The van der Waals surface area contributed by atoms with Crippen LogP contribution in [0, 0.1) is 5.41 Å². The lowest BCUT2D eigenvalue weighted by molar-refractivity contribution is -0.136. The number of amides is 2. The number of aromatic amines is 1. The molecule has 0 spiro atoms. The zero-order valence-electron chi connectivity index (χ0n) is 15.3. The summed E-state index contributed by atoms with van der Waals surface area (Å²) in [7, 11) is 0. The molecule has 7 nitrogen and oxygen atoms in total. The Balaban J connectivity index is 0.00000243. The Bertz CT molecular complexity index is 804. The van der Waals surface area contributed by atoms with E-state index in [4.69, 9.17) is 5.73 Å². The molecule has 2 amide bonds. The molecule has 1 aliphatic rings. The predicted octanol–water partition coefficient (Wildman–Crippen LogP) is 1.69. The summed E-state index contributed by atoms with van der Waals surface area (Å²) in [5, 5.41) is 10.4. The van der Waals surface area contributed by atoms with E-state index in [1.54, 1.807) is 11.8 Å². The van der Waals surface area contributed by atoms with Gasteiger partial charge in [-0.1, -0.05) is 32.0 Å². The first kappa shape index (κ1) is 20.2. The molecule has 2 heterocycles. The van der Waals surface area contributed by atoms with Crippen molar-refractivity contribution in [1.29, 1.82) is 0 Å². The molecule has 8 heteroatoms. The average molecular weight is 380 g/mol. The molecule has 0 bridgehead atoms. The molecule has 0 radical (unpaired) electrons. The molecular formula is C18H26ClN5O2. The third-order valence-electron chi connectivity index (χ3n) is 5.03. The number of piperidine rings is 1. The Morgan fingerprint density at radius 2 is 2.08 bits per heavy atom. The van der Waals surface area contributed by atoms with Crippen LogP contribution in [0.25, 0.3) is 10.9 Å². The van der Waals surface area contributed by atoms with Crippen molar-refractivity contribution < 1.29 is 9.59 Å². The van der Waals surface area contributed by atoms with Crippen LogP contribution < -0.4 is 11.1 Å². The summed E-state index contributed by atoms with van der Waals surface area (Å²) in [6.45, 7) is 7.05. The van der Waals surface area contributed by atoms with Crippen molar-refractivity contribution in [2.24, 2.45) is 11.1 Å². The second-order valence-electron chi connectivity index (χ2n) is 7.46. The van der Waals surface area contributed by atoms with Crippen LogP contribution in [0.3, 0.4) is 0 Å². The summed E-state index contributed by atoms with van der Waals surface area (Å²) < 4.78 is 0. The van der Waals surface area contributed by atoms with Crippen molar-refractivity contribution in [3.8, 4) is 0 Å². The monoisotopic (exact) mass is 379 g/mol. The van der Waals surface area contributed by atoms with Gasteiger partial charge in [-0.05, 0) is 24.8 Å². The topological polar surface area (TPSA) is 104 Å². The van der Waals surface area contributed by atoms with Gasteiger partial charge in [-0.2, -0.15) is 5.10 Å². The predicted molar refractivity (Wildman–Crippen MR) is 103 cm³/mol. The van der Waals surface area contributed by atoms with E-state index in [0.717, 1.165) is 17.3 Å². The first-order valence-electron chi connectivity index (χ1n) is 8.58. The van der Waals surface area contributed by atoms with Gasteiger partial charge in [-0.15, -0.1) is 12.4 Å². The van der Waals surface area contributed by atoms with Crippen molar-refractivity contribution in [1.82, 2.24) is 20.4 Å². The van der Waals surface area contributed by atoms with Crippen molar-refractivity contribution in [3.05, 3.63) is 30.0 Å². The van der Waals surface area contributed by atoms with Crippen molar-refractivity contribution in [2.45, 2.75) is 39.3 Å². The summed E-state index contributed by atoms with van der Waals surface area (Å²) in [6.07, 6.45) is 0.767. The lowest BCUT2D eigenvalue weighted by Crippen LogP contribution is -2.57. The highest BCUT2D eigenvalue weighted by Crippen LogP contribution is 2.28. The zero-order chi connectivity index (χ0) is 18.2. The van der Waals surface area contributed by atoms with Crippen molar-refractivity contribution >= 4 is 35.1 Å². The summed E-state index contributed by atoms with van der Waals surface area (Å²) in [6, 6.07) is 6.87. The SMILES string of the molecule is CC(NC(=O)c1n[nH]c2ccccc12)C(=O)N1CCC(N)C(C)(C)C1.Cl. The maximum atomic E-state index is 12.7. The number of rotatable bonds is 3. The van der Waals surface area contributed by atoms with Crippen molar-refractivity contribution in [3.63, 3.8) is 0 Å². The number of halogens is 1. The van der Waals surface area contributed by atoms with E-state index in [2.05, 4.69) is 29.4 Å². The Kier molecular flexibility index (Phi) is 5.93. The number of nitrogens with one attached hydrogen (secondary N) is 2. The van der Waals surface area contributed by atoms with Gasteiger partial charge >= 0.3 is 0 Å². The molecule has 4 N–H and O–H groups in total. The van der Waals surface area contributed by atoms with Crippen LogP contribution in [-0.2, 0) is 4.79 Å². The minimum Gasteiger partial charge on any atom is -0.340 e. The van der Waals surface area contributed by atoms with Crippen LogP contribution in [0.2, 0.25) is 0 Å². The standard InChI is InChI=1S/C18H25N5O2.ClH/c1-11(17(25)23-9-8-14(19)18(2,3)10-23)20-16(24)15-12-6-4-5-7-13(12)21-22-15;/h4-7,11,14H,8-10,19H2,1-3H3,(H,20,24)(H,21,22);1H. The summed E-state index contributed by atoms with van der Waals surface area (Å²) >= 11 is 0. The molecule has 1 aromatic heterocycles. The highest BCUT2D eigenvalue weighted by molar-refractivity contribution is 6.05. The summed E-state index contributed by atoms with van der Waals surface area (Å²) in [5.74, 6) is -0.445. The van der Waals surface area contributed by atoms with E-state index in [1.165, 1.54) is 0 Å². The number of carbonyl (C=O) groups is 2. The largest absolute Gasteiger partial charge is 0.340 e. The van der Waals surface area contributed by atoms with E-state index in [0.29, 0.717) is 18.8 Å². The molecule has 2 unspecified atom stereocenters. The first-order valence-corrected chi connectivity index (χ1v) is 8.58. The molecule has 0 saturated carbocycles. The normalized spacial score (nSPS) is 20.3. The van der Waals surface area contributed by atoms with Crippen LogP contribution in [0.5, 0.6) is 0 Å². The van der Waals surface area contributed by atoms with Crippen LogP contribution in [-0.4, -0.2) is 52.1 Å². The lowest BCUT2D eigenvalue weighted by atomic mass is 9.79. The third-order valence-corrected chi connectivity index (χ3v) is 5.03. The van der Waals surface area contributed by atoms with Crippen LogP contribution in [0.4, 0.5) is 0 Å². The fourth-order valence-electron chi connectivity index (χ4n) is 3.30. The zero-order valence-corrected chi connectivity index (χ0v) is 16.1. The number of para-hydroxylation sites is 1. The molecule has 2 atom stereocenters. The van der Waals surface area contributed by atoms with E-state index in [1.807, 2.05) is 24.3 Å². The van der Waals surface area contributed by atoms with Crippen LogP contribution >= 0.6 is 12.4 Å². The van der Waals surface area contributed by atoms with E-state index in [-0.39, 0.29) is 35.7 Å². The molecule has 1 aliphatic heterocycles. The molecule has 1 saturated heterocycles. The third kappa shape index (κ3) is 3.83. The number of H-pyrrole nitrogens is 1. The lowest BCUT2D eigenvalue weighted by Gasteiger charge is -2.43. The van der Waals surface area contributed by atoms with E-state index < -0.39 is 6.04 Å². The van der Waals surface area contributed by atoms with Gasteiger partial charge in [-0.3, -0.25) is 14.7 Å². The second kappa shape index (κ2) is 7.63. The fraction of sp³-hybridized carbons (Fsp3) is 0.500. The van der Waals surface area contributed by atoms with Crippen LogP contribution in [0.15, 0.2) is 24.3 Å². The summed E-state index contributed by atoms with van der Waals surface area (Å²) in [4.78, 5) is 27.0. The van der Waals surface area contributed by atoms with E-state index in [9.17, 15) is 9.59 Å². The molecule has 0 aliphatic carbocycles. The van der Waals surface area contributed by atoms with Gasteiger partial charge in [0.15, 0.2) is 5.69 Å². The minimum absolute atomic E-state index is 0. The number of fused-ring (bicyclic) bond motifs is 1. The Hall–Kier alpha value is -2.12. The molecular weight excluding hydrogens is 354 g/mol. The van der Waals surface area contributed by atoms with Crippen LogP contribution in [0.1, 0.15) is 37.7 Å². The van der Waals surface area contributed by atoms with Gasteiger partial charge in [-0.25, -0.2) is 0 Å². The number of benzene rings is 1. The molecule has 1 aromatic carbocycles. The van der Waals surface area contributed by atoms with Gasteiger partial charge < -0.3 is 16.0 Å². The molecule has 3 rings (SSSR count). The second-order valence-corrected chi connectivity index (χ2v) is 7.46. The Morgan fingerprint density at radius 1 is 1.38 bits per heavy atom. The van der Waals surface area contributed by atoms with Gasteiger partial charge in [0, 0.05) is 24.5 Å². The van der Waals surface area contributed by atoms with Crippen molar-refractivity contribution in [2.75, 3.05) is 13.1 Å². The maximum absolute atomic E-state index is 12.7. The number of aromatic nitrogens is 2. The highest BCUT2D eigenvalue weighted by atomic mass is 35.5. The molecule has 142 valence electrons. The Labute approximate surface area is 159 Å². The number of hydrogen-bond acceptors (Lipinski definition) is 4. The molecule has 2 aromatic rings. The average Bonchev–Trinajstić information content (AvgIpc) is 3.00. The number of likely N-dealkylation sites (tertiary alicyclic amines) is 1. The molecule has 1 fully saturated rings. The first-order chi connectivity index (χ1) is 11.8. The number of nitrogens with two attached hydrogens (primary N) is 1. The summed E-state index contributed by atoms with van der Waals surface area (Å²) in [5.41, 5.74) is 7.09.